The summed E-state index contributed by atoms with van der Waals surface area (Å²) in [6.45, 7) is 11.3. The minimum atomic E-state index is 0.455. The van der Waals surface area contributed by atoms with Gasteiger partial charge >= 0.3 is 0 Å². The fraction of sp³-hybridized carbons (Fsp3) is 1.00. The van der Waals surface area contributed by atoms with E-state index in [1.54, 1.807) is 0 Å². The van der Waals surface area contributed by atoms with Gasteiger partial charge in [-0.2, -0.15) is 0 Å². The van der Waals surface area contributed by atoms with E-state index in [1.165, 1.54) is 19.3 Å². The highest BCUT2D eigenvalue weighted by atomic mass is 35.5. The molecule has 0 rings (SSSR count). The highest BCUT2D eigenvalue weighted by Gasteiger charge is 2.08. The summed E-state index contributed by atoms with van der Waals surface area (Å²) in [4.78, 5) is 0. The summed E-state index contributed by atoms with van der Waals surface area (Å²) in [5, 5.41) is 3.48. The summed E-state index contributed by atoms with van der Waals surface area (Å²) >= 11 is 5.73. The molecule has 1 unspecified atom stereocenters. The zero-order chi connectivity index (χ0) is 11.0. The van der Waals surface area contributed by atoms with Crippen LogP contribution in [0.4, 0.5) is 0 Å². The highest BCUT2D eigenvalue weighted by molar-refractivity contribution is 6.18. The molecule has 0 aromatic carbocycles. The molecular formula is C12H26ClN. The number of rotatable bonds is 7. The predicted molar refractivity (Wildman–Crippen MR) is 66.1 cm³/mol. The van der Waals surface area contributed by atoms with Gasteiger partial charge in [-0.3, -0.25) is 0 Å². The Morgan fingerprint density at radius 2 is 1.86 bits per heavy atom. The lowest BCUT2D eigenvalue weighted by Gasteiger charge is -2.18. The molecule has 2 heteroatoms. The Bertz CT molecular complexity index is 129. The molecule has 1 nitrogen and oxygen atoms in total. The van der Waals surface area contributed by atoms with E-state index in [1.807, 2.05) is 0 Å². The standard InChI is InChI=1S/C12H26ClN/c1-11(10-13)6-5-8-14-9-7-12(2,3)4/h11,14H,5-10H2,1-4H3. The first-order valence-corrected chi connectivity index (χ1v) is 6.26. The molecule has 0 amide bonds. The number of hydrogen-bond acceptors (Lipinski definition) is 1. The van der Waals surface area contributed by atoms with Gasteiger partial charge in [0.25, 0.3) is 0 Å². The Labute approximate surface area is 94.6 Å². The molecule has 0 spiro atoms. The van der Waals surface area contributed by atoms with Crippen molar-refractivity contribution in [2.75, 3.05) is 19.0 Å². The van der Waals surface area contributed by atoms with Crippen LogP contribution in [0, 0.1) is 11.3 Å². The number of hydrogen-bond donors (Lipinski definition) is 1. The van der Waals surface area contributed by atoms with Crippen LogP contribution in [-0.2, 0) is 0 Å². The summed E-state index contributed by atoms with van der Waals surface area (Å²) in [5.41, 5.74) is 0.455. The number of halogens is 1. The van der Waals surface area contributed by atoms with Crippen molar-refractivity contribution in [3.63, 3.8) is 0 Å². The lowest BCUT2D eigenvalue weighted by atomic mass is 9.92. The molecule has 0 aromatic heterocycles. The van der Waals surface area contributed by atoms with Gasteiger partial charge in [-0.25, -0.2) is 0 Å². The smallest absolute Gasteiger partial charge is 0.0249 e. The third-order valence-electron chi connectivity index (χ3n) is 2.37. The molecule has 0 saturated carbocycles. The van der Waals surface area contributed by atoms with Crippen molar-refractivity contribution in [2.45, 2.75) is 47.0 Å². The fourth-order valence-electron chi connectivity index (χ4n) is 1.24. The van der Waals surface area contributed by atoms with Crippen LogP contribution in [0.5, 0.6) is 0 Å². The zero-order valence-electron chi connectivity index (χ0n) is 10.2. The van der Waals surface area contributed by atoms with Crippen LogP contribution in [0.15, 0.2) is 0 Å². The van der Waals surface area contributed by atoms with E-state index in [-0.39, 0.29) is 0 Å². The molecule has 0 aliphatic carbocycles. The van der Waals surface area contributed by atoms with Gasteiger partial charge in [0, 0.05) is 5.88 Å². The van der Waals surface area contributed by atoms with Gasteiger partial charge in [0.05, 0.1) is 0 Å². The van der Waals surface area contributed by atoms with E-state index >= 15 is 0 Å². The quantitative estimate of drug-likeness (QED) is 0.509. The minimum Gasteiger partial charge on any atom is -0.317 e. The lowest BCUT2D eigenvalue weighted by molar-refractivity contribution is 0.365. The molecule has 0 heterocycles. The van der Waals surface area contributed by atoms with E-state index in [2.05, 4.69) is 33.0 Å². The normalized spacial score (nSPS) is 14.4. The topological polar surface area (TPSA) is 12.0 Å². The molecule has 86 valence electrons. The van der Waals surface area contributed by atoms with E-state index in [9.17, 15) is 0 Å². The monoisotopic (exact) mass is 219 g/mol. The average molecular weight is 220 g/mol. The van der Waals surface area contributed by atoms with Crippen LogP contribution >= 0.6 is 11.6 Å². The molecule has 0 fully saturated rings. The van der Waals surface area contributed by atoms with Gasteiger partial charge < -0.3 is 5.32 Å². The number of alkyl halides is 1. The molecule has 0 bridgehead atoms. The van der Waals surface area contributed by atoms with Crippen LogP contribution in [0.3, 0.4) is 0 Å². The second-order valence-corrected chi connectivity index (χ2v) is 5.77. The van der Waals surface area contributed by atoms with E-state index in [0.29, 0.717) is 11.3 Å². The molecule has 0 saturated heterocycles. The van der Waals surface area contributed by atoms with Gasteiger partial charge in [0.1, 0.15) is 0 Å². The number of nitrogens with one attached hydrogen (secondary N) is 1. The van der Waals surface area contributed by atoms with E-state index in [4.69, 9.17) is 11.6 Å². The SMILES string of the molecule is CC(CCl)CCCNCCC(C)(C)C. The molecule has 0 aromatic rings. The summed E-state index contributed by atoms with van der Waals surface area (Å²) < 4.78 is 0. The Morgan fingerprint density at radius 1 is 1.21 bits per heavy atom. The first-order chi connectivity index (χ1) is 6.45. The zero-order valence-corrected chi connectivity index (χ0v) is 11.0. The summed E-state index contributed by atoms with van der Waals surface area (Å²) in [6, 6.07) is 0. The second kappa shape index (κ2) is 7.53. The molecule has 0 aliphatic rings. The Balaban J connectivity index is 3.14. The van der Waals surface area contributed by atoms with Gasteiger partial charge in [0.2, 0.25) is 0 Å². The first-order valence-electron chi connectivity index (χ1n) is 5.72. The van der Waals surface area contributed by atoms with Crippen molar-refractivity contribution in [3.05, 3.63) is 0 Å². The largest absolute Gasteiger partial charge is 0.317 e. The second-order valence-electron chi connectivity index (χ2n) is 5.46. The molecular weight excluding hydrogens is 194 g/mol. The summed E-state index contributed by atoms with van der Waals surface area (Å²) in [7, 11) is 0. The van der Waals surface area contributed by atoms with Crippen LogP contribution < -0.4 is 5.32 Å². The van der Waals surface area contributed by atoms with E-state index in [0.717, 1.165) is 19.0 Å². The Hall–Kier alpha value is 0.250. The third-order valence-corrected chi connectivity index (χ3v) is 2.89. The summed E-state index contributed by atoms with van der Waals surface area (Å²) in [6.07, 6.45) is 3.74. The van der Waals surface area contributed by atoms with Crippen LogP contribution in [0.2, 0.25) is 0 Å². The van der Waals surface area contributed by atoms with Gasteiger partial charge in [0.15, 0.2) is 0 Å². The molecule has 0 radical (unpaired) electrons. The molecule has 1 N–H and O–H groups in total. The maximum Gasteiger partial charge on any atom is 0.0249 e. The summed E-state index contributed by atoms with van der Waals surface area (Å²) in [5.74, 6) is 1.46. The lowest BCUT2D eigenvalue weighted by Crippen LogP contribution is -2.21. The third kappa shape index (κ3) is 10.3. The van der Waals surface area contributed by atoms with Crippen molar-refractivity contribution in [1.29, 1.82) is 0 Å². The molecule has 14 heavy (non-hydrogen) atoms. The van der Waals surface area contributed by atoms with Crippen molar-refractivity contribution in [2.24, 2.45) is 11.3 Å². The van der Waals surface area contributed by atoms with Gasteiger partial charge in [-0.1, -0.05) is 27.7 Å². The van der Waals surface area contributed by atoms with Crippen LogP contribution in [-0.4, -0.2) is 19.0 Å². The average Bonchev–Trinajstić information content (AvgIpc) is 2.08. The van der Waals surface area contributed by atoms with Crippen LogP contribution in [0.25, 0.3) is 0 Å². The van der Waals surface area contributed by atoms with Gasteiger partial charge in [-0.15, -0.1) is 11.6 Å². The van der Waals surface area contributed by atoms with Gasteiger partial charge in [-0.05, 0) is 43.7 Å². The highest BCUT2D eigenvalue weighted by Crippen LogP contribution is 2.16. The van der Waals surface area contributed by atoms with Crippen molar-refractivity contribution >= 4 is 11.6 Å². The van der Waals surface area contributed by atoms with Crippen molar-refractivity contribution < 1.29 is 0 Å². The Kier molecular flexibility index (Phi) is 7.66. The fourth-order valence-corrected chi connectivity index (χ4v) is 1.40. The molecule has 1 atom stereocenters. The molecule has 0 aliphatic heterocycles. The minimum absolute atomic E-state index is 0.455. The van der Waals surface area contributed by atoms with E-state index < -0.39 is 0 Å². The first kappa shape index (κ1) is 14.2. The van der Waals surface area contributed by atoms with Crippen molar-refractivity contribution in [1.82, 2.24) is 5.32 Å². The maximum atomic E-state index is 5.73. The Morgan fingerprint density at radius 3 is 2.36 bits per heavy atom. The van der Waals surface area contributed by atoms with Crippen LogP contribution in [0.1, 0.15) is 47.0 Å². The maximum absolute atomic E-state index is 5.73. The van der Waals surface area contributed by atoms with Crippen molar-refractivity contribution in [3.8, 4) is 0 Å². The predicted octanol–water partition coefficient (Wildman–Crippen LogP) is 3.67.